The van der Waals surface area contributed by atoms with Crippen molar-refractivity contribution in [2.24, 2.45) is 11.8 Å². The Kier molecular flexibility index (Phi) is 4.12. The van der Waals surface area contributed by atoms with Gasteiger partial charge in [-0.05, 0) is 31.2 Å². The van der Waals surface area contributed by atoms with E-state index >= 15 is 0 Å². The number of carbonyl (C=O) groups excluding carboxylic acids is 1. The lowest BCUT2D eigenvalue weighted by Gasteiger charge is -2.37. The second-order valence-corrected chi connectivity index (χ2v) is 6.57. The summed E-state index contributed by atoms with van der Waals surface area (Å²) >= 11 is 0. The van der Waals surface area contributed by atoms with Gasteiger partial charge in [0.1, 0.15) is 5.78 Å². The predicted molar refractivity (Wildman–Crippen MR) is 77.1 cm³/mol. The average Bonchev–Trinajstić information content (AvgIpc) is 2.78. The van der Waals surface area contributed by atoms with Crippen LogP contribution in [0.2, 0.25) is 0 Å². The largest absolute Gasteiger partial charge is 0.299 e. The van der Waals surface area contributed by atoms with Gasteiger partial charge in [0, 0.05) is 36.2 Å². The van der Waals surface area contributed by atoms with Crippen molar-refractivity contribution in [3.63, 3.8) is 0 Å². The Hall–Kier alpha value is -1.12. The van der Waals surface area contributed by atoms with E-state index in [4.69, 9.17) is 0 Å². The van der Waals surface area contributed by atoms with Crippen LogP contribution in [0.15, 0.2) is 12.3 Å². The summed E-state index contributed by atoms with van der Waals surface area (Å²) in [7, 11) is 0. The molecule has 1 saturated carbocycles. The molecule has 1 aliphatic carbocycles. The number of carbonyl (C=O) groups is 1. The molecule has 0 spiro atoms. The monoisotopic (exact) mass is 262 g/mol. The van der Waals surface area contributed by atoms with Crippen LogP contribution in [0.5, 0.6) is 0 Å². The van der Waals surface area contributed by atoms with Crippen molar-refractivity contribution in [2.45, 2.75) is 65.3 Å². The van der Waals surface area contributed by atoms with Crippen molar-refractivity contribution < 1.29 is 4.79 Å². The number of hydrogen-bond donors (Lipinski definition) is 0. The third-order valence-corrected chi connectivity index (χ3v) is 4.57. The molecule has 0 aromatic carbocycles. The summed E-state index contributed by atoms with van der Waals surface area (Å²) in [6, 6.07) is 2.08. The molecule has 0 bridgehead atoms. The zero-order chi connectivity index (χ0) is 14.0. The van der Waals surface area contributed by atoms with Gasteiger partial charge in [-0.2, -0.15) is 5.10 Å². The van der Waals surface area contributed by atoms with E-state index in [-0.39, 0.29) is 11.3 Å². The highest BCUT2D eigenvalue weighted by atomic mass is 16.1. The van der Waals surface area contributed by atoms with Gasteiger partial charge in [-0.25, -0.2) is 0 Å². The number of aryl methyl sites for hydroxylation is 1. The standard InChI is InChI=1S/C16H26N2O/c1-5-10-18-15(8-9-17-18)16(3,4)13-7-6-12(2)11-14(13)19/h8-9,12-13H,5-7,10-11H2,1-4H3. The highest BCUT2D eigenvalue weighted by Crippen LogP contribution is 2.40. The molecule has 19 heavy (non-hydrogen) atoms. The van der Waals surface area contributed by atoms with Gasteiger partial charge in [-0.1, -0.05) is 27.7 Å². The minimum Gasteiger partial charge on any atom is -0.299 e. The number of Topliss-reactive ketones (excluding diaryl/α,β-unsaturated/α-hetero) is 1. The van der Waals surface area contributed by atoms with E-state index in [0.29, 0.717) is 11.7 Å². The first-order valence-corrected chi connectivity index (χ1v) is 7.51. The molecular weight excluding hydrogens is 236 g/mol. The second kappa shape index (κ2) is 5.48. The van der Waals surface area contributed by atoms with E-state index in [0.717, 1.165) is 25.8 Å². The highest BCUT2D eigenvalue weighted by Gasteiger charge is 2.40. The predicted octanol–water partition coefficient (Wildman–Crippen LogP) is 3.58. The Balaban J connectivity index is 2.25. The zero-order valence-electron chi connectivity index (χ0n) is 12.6. The van der Waals surface area contributed by atoms with Crippen LogP contribution in [-0.4, -0.2) is 15.6 Å². The summed E-state index contributed by atoms with van der Waals surface area (Å²) in [5.74, 6) is 1.14. The van der Waals surface area contributed by atoms with Gasteiger partial charge in [-0.15, -0.1) is 0 Å². The Morgan fingerprint density at radius 2 is 2.16 bits per heavy atom. The first-order chi connectivity index (χ1) is 8.96. The smallest absolute Gasteiger partial charge is 0.137 e. The summed E-state index contributed by atoms with van der Waals surface area (Å²) in [5.41, 5.74) is 1.10. The van der Waals surface area contributed by atoms with Crippen molar-refractivity contribution in [3.8, 4) is 0 Å². The molecule has 106 valence electrons. The average molecular weight is 262 g/mol. The molecular formula is C16H26N2O. The van der Waals surface area contributed by atoms with E-state index in [2.05, 4.69) is 43.5 Å². The lowest BCUT2D eigenvalue weighted by atomic mass is 9.67. The third-order valence-electron chi connectivity index (χ3n) is 4.57. The van der Waals surface area contributed by atoms with Gasteiger partial charge in [-0.3, -0.25) is 9.48 Å². The Bertz CT molecular complexity index is 447. The van der Waals surface area contributed by atoms with Crippen LogP contribution in [0.3, 0.4) is 0 Å². The first kappa shape index (κ1) is 14.3. The summed E-state index contributed by atoms with van der Waals surface area (Å²) in [6.07, 6.45) is 5.87. The maximum absolute atomic E-state index is 12.4. The van der Waals surface area contributed by atoms with Crippen molar-refractivity contribution in [2.75, 3.05) is 0 Å². The zero-order valence-corrected chi connectivity index (χ0v) is 12.6. The molecule has 0 aliphatic heterocycles. The van der Waals surface area contributed by atoms with Gasteiger partial charge in [0.2, 0.25) is 0 Å². The molecule has 1 aromatic rings. The number of rotatable bonds is 4. The number of nitrogens with zero attached hydrogens (tertiary/aromatic N) is 2. The van der Waals surface area contributed by atoms with E-state index in [1.54, 1.807) is 0 Å². The van der Waals surface area contributed by atoms with Crippen LogP contribution in [0.25, 0.3) is 0 Å². The van der Waals surface area contributed by atoms with Crippen LogP contribution in [-0.2, 0) is 16.8 Å². The Morgan fingerprint density at radius 3 is 2.79 bits per heavy atom. The van der Waals surface area contributed by atoms with Gasteiger partial charge in [0.15, 0.2) is 0 Å². The highest BCUT2D eigenvalue weighted by molar-refractivity contribution is 5.83. The number of ketones is 1. The fraction of sp³-hybridized carbons (Fsp3) is 0.750. The second-order valence-electron chi connectivity index (χ2n) is 6.57. The summed E-state index contributed by atoms with van der Waals surface area (Å²) < 4.78 is 2.07. The molecule has 1 aromatic heterocycles. The summed E-state index contributed by atoms with van der Waals surface area (Å²) in [5, 5.41) is 4.41. The summed E-state index contributed by atoms with van der Waals surface area (Å²) in [6.45, 7) is 9.68. The minimum absolute atomic E-state index is 0.108. The van der Waals surface area contributed by atoms with Crippen LogP contribution >= 0.6 is 0 Å². The topological polar surface area (TPSA) is 34.9 Å². The lowest BCUT2D eigenvalue weighted by Crippen LogP contribution is -2.39. The third kappa shape index (κ3) is 2.75. The van der Waals surface area contributed by atoms with Gasteiger partial charge >= 0.3 is 0 Å². The maximum atomic E-state index is 12.4. The Morgan fingerprint density at radius 1 is 1.42 bits per heavy atom. The SMILES string of the molecule is CCCn1nccc1C(C)(C)C1CCC(C)CC1=O. The molecule has 2 rings (SSSR count). The van der Waals surface area contributed by atoms with E-state index in [1.165, 1.54) is 12.1 Å². The van der Waals surface area contributed by atoms with Crippen molar-refractivity contribution in [3.05, 3.63) is 18.0 Å². The quantitative estimate of drug-likeness (QED) is 0.831. The fourth-order valence-corrected chi connectivity index (χ4v) is 3.41. The van der Waals surface area contributed by atoms with Gasteiger partial charge < -0.3 is 0 Å². The van der Waals surface area contributed by atoms with Crippen LogP contribution in [0, 0.1) is 11.8 Å². The van der Waals surface area contributed by atoms with Crippen molar-refractivity contribution in [1.29, 1.82) is 0 Å². The fourth-order valence-electron chi connectivity index (χ4n) is 3.41. The molecule has 2 atom stereocenters. The van der Waals surface area contributed by atoms with Gasteiger partial charge in [0.25, 0.3) is 0 Å². The molecule has 0 saturated heterocycles. The summed E-state index contributed by atoms with van der Waals surface area (Å²) in [4.78, 5) is 12.4. The number of hydrogen-bond acceptors (Lipinski definition) is 2. The first-order valence-electron chi connectivity index (χ1n) is 7.51. The lowest BCUT2D eigenvalue weighted by molar-refractivity contribution is -0.128. The molecule has 0 amide bonds. The normalized spacial score (nSPS) is 24.7. The molecule has 0 radical (unpaired) electrons. The molecule has 3 nitrogen and oxygen atoms in total. The van der Waals surface area contributed by atoms with Crippen LogP contribution in [0.4, 0.5) is 0 Å². The molecule has 1 aliphatic rings. The number of aromatic nitrogens is 2. The van der Waals surface area contributed by atoms with E-state index in [1.807, 2.05) is 6.20 Å². The molecule has 1 fully saturated rings. The Labute approximate surface area is 116 Å². The van der Waals surface area contributed by atoms with Crippen LogP contribution < -0.4 is 0 Å². The van der Waals surface area contributed by atoms with Gasteiger partial charge in [0.05, 0.1) is 0 Å². The molecule has 0 N–H and O–H groups in total. The van der Waals surface area contributed by atoms with Crippen molar-refractivity contribution >= 4 is 5.78 Å². The van der Waals surface area contributed by atoms with E-state index in [9.17, 15) is 4.79 Å². The molecule has 1 heterocycles. The minimum atomic E-state index is -0.108. The molecule has 3 heteroatoms. The van der Waals surface area contributed by atoms with E-state index < -0.39 is 0 Å². The van der Waals surface area contributed by atoms with Crippen molar-refractivity contribution in [1.82, 2.24) is 9.78 Å². The molecule has 2 unspecified atom stereocenters. The maximum Gasteiger partial charge on any atom is 0.137 e. The van der Waals surface area contributed by atoms with Crippen LogP contribution in [0.1, 0.15) is 59.1 Å².